The van der Waals surface area contributed by atoms with Crippen LogP contribution in [0.3, 0.4) is 0 Å². The number of piperidine rings is 2. The van der Waals surface area contributed by atoms with Crippen LogP contribution >= 0.6 is 23.1 Å². The van der Waals surface area contributed by atoms with Crippen LogP contribution in [0, 0.1) is 11.8 Å². The second kappa shape index (κ2) is 12.6. The van der Waals surface area contributed by atoms with E-state index >= 15 is 0 Å². The molecule has 4 rings (SSSR count). The van der Waals surface area contributed by atoms with E-state index in [2.05, 4.69) is 41.0 Å². The summed E-state index contributed by atoms with van der Waals surface area (Å²) >= 11 is 3.10. The summed E-state index contributed by atoms with van der Waals surface area (Å²) in [6, 6.07) is 0. The lowest BCUT2D eigenvalue weighted by Gasteiger charge is -2.38. The van der Waals surface area contributed by atoms with E-state index in [1.165, 1.54) is 11.3 Å². The summed E-state index contributed by atoms with van der Waals surface area (Å²) in [7, 11) is 0. The highest BCUT2D eigenvalue weighted by Crippen LogP contribution is 2.32. The lowest BCUT2D eigenvalue weighted by molar-refractivity contribution is -0.121. The van der Waals surface area contributed by atoms with Crippen molar-refractivity contribution in [2.45, 2.75) is 88.2 Å². The minimum Gasteiger partial charge on any atom is -0.444 e. The molecule has 4 heterocycles. The number of nitrogens with zero attached hydrogens (tertiary/aromatic N) is 4. The molecule has 2 aromatic heterocycles. The second-order valence-electron chi connectivity index (χ2n) is 12.6. The molecule has 0 aliphatic carbocycles. The van der Waals surface area contributed by atoms with Crippen molar-refractivity contribution in [3.8, 4) is 0 Å². The zero-order valence-corrected chi connectivity index (χ0v) is 25.8. The van der Waals surface area contributed by atoms with Gasteiger partial charge in [-0.2, -0.15) is 0 Å². The maximum atomic E-state index is 12.9. The molecule has 0 bridgehead atoms. The average molecular weight is 578 g/mol. The molecule has 2 fully saturated rings. The van der Waals surface area contributed by atoms with Crippen molar-refractivity contribution in [1.29, 1.82) is 0 Å². The van der Waals surface area contributed by atoms with Crippen LogP contribution < -0.4 is 5.32 Å². The van der Waals surface area contributed by atoms with Crippen LogP contribution in [0.5, 0.6) is 0 Å². The molecule has 216 valence electrons. The van der Waals surface area contributed by atoms with Crippen molar-refractivity contribution < 1.29 is 18.7 Å². The topological polar surface area (TPSA) is 101 Å². The van der Waals surface area contributed by atoms with Gasteiger partial charge >= 0.3 is 6.09 Å². The predicted molar refractivity (Wildman–Crippen MR) is 155 cm³/mol. The van der Waals surface area contributed by atoms with Gasteiger partial charge in [-0.05, 0) is 65.5 Å². The van der Waals surface area contributed by atoms with E-state index in [0.717, 1.165) is 68.4 Å². The quantitative estimate of drug-likeness (QED) is 0.399. The number of hydrogen-bond acceptors (Lipinski definition) is 9. The summed E-state index contributed by atoms with van der Waals surface area (Å²) in [6.45, 7) is 16.3. The molecule has 1 atom stereocenters. The minimum absolute atomic E-state index is 0.00555. The fourth-order valence-electron chi connectivity index (χ4n) is 4.90. The Balaban J connectivity index is 1.18. The number of hydrogen-bond donors (Lipinski definition) is 1. The van der Waals surface area contributed by atoms with Crippen LogP contribution in [0.1, 0.15) is 78.9 Å². The molecular weight excluding hydrogens is 534 g/mol. The van der Waals surface area contributed by atoms with Crippen LogP contribution in [0.4, 0.5) is 9.93 Å². The Hall–Kier alpha value is -2.11. The van der Waals surface area contributed by atoms with Crippen molar-refractivity contribution in [2.24, 2.45) is 11.8 Å². The second-order valence-corrected chi connectivity index (χ2v) is 14.9. The van der Waals surface area contributed by atoms with Gasteiger partial charge < -0.3 is 24.3 Å². The van der Waals surface area contributed by atoms with Gasteiger partial charge in [-0.15, -0.1) is 11.8 Å². The first-order valence-electron chi connectivity index (χ1n) is 13.9. The summed E-state index contributed by atoms with van der Waals surface area (Å²) in [4.78, 5) is 38.5. The number of carbonyl (C=O) groups excluding carboxylic acids is 2. The third-order valence-electron chi connectivity index (χ3n) is 6.99. The number of carbonyl (C=O) groups is 2. The molecule has 2 aliphatic rings. The van der Waals surface area contributed by atoms with Crippen molar-refractivity contribution >= 4 is 40.2 Å². The van der Waals surface area contributed by atoms with E-state index in [4.69, 9.17) is 9.15 Å². The van der Waals surface area contributed by atoms with Crippen LogP contribution in [-0.4, -0.2) is 70.1 Å². The Morgan fingerprint density at radius 1 is 1.10 bits per heavy atom. The third-order valence-corrected chi connectivity index (χ3v) is 9.08. The number of ether oxygens (including phenoxy) is 1. The number of rotatable bonds is 7. The van der Waals surface area contributed by atoms with Crippen LogP contribution in [0.25, 0.3) is 0 Å². The molecule has 39 heavy (non-hydrogen) atoms. The van der Waals surface area contributed by atoms with Gasteiger partial charge in [-0.3, -0.25) is 4.79 Å². The van der Waals surface area contributed by atoms with E-state index < -0.39 is 5.60 Å². The van der Waals surface area contributed by atoms with Crippen molar-refractivity contribution in [3.05, 3.63) is 24.0 Å². The number of thiazole rings is 1. The largest absolute Gasteiger partial charge is 0.444 e. The van der Waals surface area contributed by atoms with Gasteiger partial charge in [0.15, 0.2) is 5.13 Å². The number of anilines is 1. The van der Waals surface area contributed by atoms with E-state index in [9.17, 15) is 9.59 Å². The third kappa shape index (κ3) is 8.94. The minimum atomic E-state index is -0.473. The Bertz CT molecular complexity index is 1110. The lowest BCUT2D eigenvalue weighted by Crippen LogP contribution is -2.47. The van der Waals surface area contributed by atoms with Crippen molar-refractivity contribution in [1.82, 2.24) is 19.8 Å². The van der Waals surface area contributed by atoms with Gasteiger partial charge in [0.1, 0.15) is 11.4 Å². The number of amides is 2. The van der Waals surface area contributed by atoms with E-state index in [0.29, 0.717) is 22.7 Å². The summed E-state index contributed by atoms with van der Waals surface area (Å²) in [6.07, 6.45) is 7.19. The van der Waals surface area contributed by atoms with Crippen LogP contribution in [0.2, 0.25) is 0 Å². The highest BCUT2D eigenvalue weighted by atomic mass is 32.2. The fraction of sp³-hybridized carbons (Fsp3) is 0.714. The molecule has 0 aromatic carbocycles. The molecule has 0 saturated carbocycles. The summed E-state index contributed by atoms with van der Waals surface area (Å²) in [5.74, 6) is 2.69. The molecule has 2 aliphatic heterocycles. The van der Waals surface area contributed by atoms with Gasteiger partial charge in [0, 0.05) is 31.0 Å². The first-order valence-corrected chi connectivity index (χ1v) is 15.7. The Labute approximate surface area is 240 Å². The highest BCUT2D eigenvalue weighted by Gasteiger charge is 2.31. The SMILES string of the molecule is CC(C)(C)OC(=O)N1CCCC(CN2CCC(C(=O)Nc3ncc(SCc4ncc(C(C)(C)C)o4)s3)CC2)C1. The number of oxazole rings is 1. The van der Waals surface area contributed by atoms with Gasteiger partial charge in [-0.25, -0.2) is 14.8 Å². The molecule has 2 amide bonds. The van der Waals surface area contributed by atoms with E-state index in [1.54, 1.807) is 24.2 Å². The monoisotopic (exact) mass is 577 g/mol. The number of thioether (sulfide) groups is 1. The van der Waals surface area contributed by atoms with Crippen molar-refractivity contribution in [3.63, 3.8) is 0 Å². The van der Waals surface area contributed by atoms with E-state index in [1.807, 2.05) is 25.7 Å². The molecule has 1 N–H and O–H groups in total. The Morgan fingerprint density at radius 3 is 2.51 bits per heavy atom. The molecular formula is C28H43N5O4S2. The normalized spacial score (nSPS) is 19.7. The molecule has 2 aromatic rings. The maximum absolute atomic E-state index is 12.9. The van der Waals surface area contributed by atoms with Gasteiger partial charge in [-0.1, -0.05) is 32.1 Å². The standard InChI is InChI=1S/C28H43N5O4S2/c1-27(2,3)21-14-29-22(36-21)18-38-23-15-30-25(39-23)31-24(34)20-9-12-32(13-10-20)16-19-8-7-11-33(17-19)26(35)37-28(4,5)6/h14-15,19-20H,7-13,16-18H2,1-6H3,(H,30,31,34). The molecule has 1 unspecified atom stereocenters. The zero-order valence-electron chi connectivity index (χ0n) is 24.1. The molecule has 0 radical (unpaired) electrons. The molecule has 2 saturated heterocycles. The fourth-order valence-corrected chi connectivity index (χ4v) is 6.63. The molecule has 0 spiro atoms. The zero-order chi connectivity index (χ0) is 28.2. The lowest BCUT2D eigenvalue weighted by atomic mass is 9.93. The highest BCUT2D eigenvalue weighted by molar-refractivity contribution is 8.00. The maximum Gasteiger partial charge on any atom is 0.410 e. The number of aromatic nitrogens is 2. The van der Waals surface area contributed by atoms with E-state index in [-0.39, 0.29) is 23.3 Å². The van der Waals surface area contributed by atoms with Gasteiger partial charge in [0.25, 0.3) is 0 Å². The summed E-state index contributed by atoms with van der Waals surface area (Å²) in [5.41, 5.74) is -0.535. The summed E-state index contributed by atoms with van der Waals surface area (Å²) in [5, 5.41) is 3.66. The first kappa shape index (κ1) is 29.9. The number of nitrogens with one attached hydrogen (secondary N) is 1. The van der Waals surface area contributed by atoms with Gasteiger partial charge in [0.05, 0.1) is 22.4 Å². The Kier molecular flexibility index (Phi) is 9.65. The Morgan fingerprint density at radius 2 is 1.85 bits per heavy atom. The van der Waals surface area contributed by atoms with Crippen LogP contribution in [0.15, 0.2) is 21.0 Å². The summed E-state index contributed by atoms with van der Waals surface area (Å²) < 4.78 is 12.5. The smallest absolute Gasteiger partial charge is 0.410 e. The van der Waals surface area contributed by atoms with Crippen LogP contribution in [-0.2, 0) is 20.7 Å². The number of likely N-dealkylation sites (tertiary alicyclic amines) is 2. The first-order chi connectivity index (χ1) is 18.4. The molecule has 11 heteroatoms. The van der Waals surface area contributed by atoms with Gasteiger partial charge in [0.2, 0.25) is 11.8 Å². The molecule has 9 nitrogen and oxygen atoms in total. The average Bonchev–Trinajstić information content (AvgIpc) is 3.52. The predicted octanol–water partition coefficient (Wildman–Crippen LogP) is 6.02. The van der Waals surface area contributed by atoms with Crippen molar-refractivity contribution in [2.75, 3.05) is 38.0 Å².